The Bertz CT molecular complexity index is 1940. The van der Waals surface area contributed by atoms with Crippen molar-refractivity contribution in [3.8, 4) is 0 Å². The van der Waals surface area contributed by atoms with E-state index in [0.29, 0.717) is 36.3 Å². The number of benzene rings is 3. The SMILES string of the molecule is C=CCOC(=O)Nc1ccc(CN2CC/C(=C\C3=C(C(=O)OC(c4ccccc4)c4ccccc4)N4C(=O)[C@@H](NC(=O)OC(C)(C)C)[C@H]4SC3)C2=O)cc1. The van der Waals surface area contributed by atoms with Crippen LogP contribution in [0.3, 0.4) is 0 Å². The van der Waals surface area contributed by atoms with E-state index in [-0.39, 0.29) is 24.0 Å². The minimum absolute atomic E-state index is 0.0382. The fraction of sp³-hybridized carbons (Fsp3) is 0.293. The monoisotopic (exact) mass is 750 g/mol. The second kappa shape index (κ2) is 16.5. The Hall–Kier alpha value is -5.82. The van der Waals surface area contributed by atoms with Gasteiger partial charge in [-0.1, -0.05) is 85.5 Å². The van der Waals surface area contributed by atoms with Crippen LogP contribution in [-0.4, -0.2) is 75.7 Å². The lowest BCUT2D eigenvalue weighted by atomic mass is 10.00. The van der Waals surface area contributed by atoms with Crippen molar-refractivity contribution in [2.24, 2.45) is 0 Å². The highest BCUT2D eigenvalue weighted by molar-refractivity contribution is 8.00. The van der Waals surface area contributed by atoms with Crippen LogP contribution < -0.4 is 10.6 Å². The first-order valence-corrected chi connectivity index (χ1v) is 18.6. The number of alkyl carbamates (subject to hydrolysis) is 1. The number of likely N-dealkylation sites (tertiary alicyclic amines) is 1. The summed E-state index contributed by atoms with van der Waals surface area (Å²) in [5.74, 6) is -1.11. The average Bonchev–Trinajstić information content (AvgIpc) is 3.49. The van der Waals surface area contributed by atoms with Crippen LogP contribution in [0.2, 0.25) is 0 Å². The summed E-state index contributed by atoms with van der Waals surface area (Å²) in [7, 11) is 0. The van der Waals surface area contributed by atoms with Crippen molar-refractivity contribution in [2.75, 3.05) is 24.2 Å². The zero-order valence-electron chi connectivity index (χ0n) is 30.3. The lowest BCUT2D eigenvalue weighted by molar-refractivity contribution is -0.153. The molecule has 54 heavy (non-hydrogen) atoms. The van der Waals surface area contributed by atoms with Gasteiger partial charge < -0.3 is 24.4 Å². The van der Waals surface area contributed by atoms with E-state index in [4.69, 9.17) is 14.2 Å². The van der Waals surface area contributed by atoms with E-state index >= 15 is 0 Å². The first-order valence-electron chi connectivity index (χ1n) is 17.5. The minimum Gasteiger partial charge on any atom is -0.448 e. The van der Waals surface area contributed by atoms with Crippen LogP contribution in [0.5, 0.6) is 0 Å². The van der Waals surface area contributed by atoms with Crippen molar-refractivity contribution >= 4 is 47.4 Å². The van der Waals surface area contributed by atoms with Gasteiger partial charge in [0.15, 0.2) is 6.10 Å². The van der Waals surface area contributed by atoms with Gasteiger partial charge in [0.05, 0.1) is 0 Å². The molecule has 2 fully saturated rings. The molecular weight excluding hydrogens is 709 g/mol. The molecule has 6 rings (SSSR count). The van der Waals surface area contributed by atoms with Crippen molar-refractivity contribution in [2.45, 2.75) is 56.9 Å². The van der Waals surface area contributed by atoms with Gasteiger partial charge in [0, 0.05) is 30.1 Å². The molecule has 0 bridgehead atoms. The molecule has 2 saturated heterocycles. The Kier molecular flexibility index (Phi) is 11.6. The van der Waals surface area contributed by atoms with Gasteiger partial charge in [-0.3, -0.25) is 19.8 Å². The largest absolute Gasteiger partial charge is 0.448 e. The number of carbonyl (C=O) groups excluding carboxylic acids is 5. The number of nitrogens with zero attached hydrogens (tertiary/aromatic N) is 2. The van der Waals surface area contributed by atoms with Gasteiger partial charge in [0.1, 0.15) is 29.3 Å². The van der Waals surface area contributed by atoms with Crippen LogP contribution in [0.15, 0.2) is 121 Å². The van der Waals surface area contributed by atoms with Gasteiger partial charge >= 0.3 is 18.2 Å². The topological polar surface area (TPSA) is 144 Å². The smallest absolute Gasteiger partial charge is 0.411 e. The van der Waals surface area contributed by atoms with E-state index in [2.05, 4.69) is 17.2 Å². The van der Waals surface area contributed by atoms with Gasteiger partial charge in [-0.25, -0.2) is 14.4 Å². The number of amides is 4. The second-order valence-electron chi connectivity index (χ2n) is 13.9. The number of β-lactam (4-membered cyclic amide) rings is 1. The lowest BCUT2D eigenvalue weighted by Crippen LogP contribution is -2.70. The van der Waals surface area contributed by atoms with Crippen LogP contribution in [0, 0.1) is 0 Å². The summed E-state index contributed by atoms with van der Waals surface area (Å²) in [6.45, 7) is 9.60. The highest BCUT2D eigenvalue weighted by atomic mass is 32.2. The van der Waals surface area contributed by atoms with Gasteiger partial charge in [-0.2, -0.15) is 0 Å². The Morgan fingerprint density at radius 2 is 1.59 bits per heavy atom. The maximum atomic E-state index is 14.4. The fourth-order valence-electron chi connectivity index (χ4n) is 6.29. The summed E-state index contributed by atoms with van der Waals surface area (Å²) < 4.78 is 16.6. The standard InChI is InChI=1S/C41H42N4O8S/c1-5-22-51-39(49)42-31-18-16-26(17-19-31)24-44-21-20-29(35(44)46)23-30-25-54-37-32(43-40(50)53-41(2,3)4)36(47)45(37)33(30)38(48)52-34(27-12-8-6-9-13-27)28-14-10-7-11-15-28/h5-19,23,32,34,37H,1,20-22,24-25H2,2-4H3,(H,42,49)(H,43,50)/b29-23+/t32-,37-/m1/s1. The van der Waals surface area contributed by atoms with E-state index in [1.54, 1.807) is 43.9 Å². The zero-order chi connectivity index (χ0) is 38.4. The Balaban J connectivity index is 1.25. The molecular formula is C41H42N4O8S. The summed E-state index contributed by atoms with van der Waals surface area (Å²) in [4.78, 5) is 69.4. The van der Waals surface area contributed by atoms with Crippen LogP contribution in [0.25, 0.3) is 0 Å². The molecule has 4 amide bonds. The number of hydrogen-bond acceptors (Lipinski definition) is 9. The summed E-state index contributed by atoms with van der Waals surface area (Å²) >= 11 is 1.38. The van der Waals surface area contributed by atoms with Gasteiger partial charge in [0.25, 0.3) is 5.91 Å². The lowest BCUT2D eigenvalue weighted by Gasteiger charge is -2.49. The number of carbonyl (C=O) groups is 5. The van der Waals surface area contributed by atoms with Gasteiger partial charge in [0.2, 0.25) is 5.91 Å². The summed E-state index contributed by atoms with van der Waals surface area (Å²) in [6.07, 6.45) is 1.51. The fourth-order valence-corrected chi connectivity index (χ4v) is 7.59. The molecule has 0 aromatic heterocycles. The maximum Gasteiger partial charge on any atom is 0.411 e. The molecule has 0 radical (unpaired) electrons. The molecule has 280 valence electrons. The quantitative estimate of drug-likeness (QED) is 0.0741. The predicted octanol–water partition coefficient (Wildman–Crippen LogP) is 6.48. The third-order valence-electron chi connectivity index (χ3n) is 8.76. The number of thioether (sulfide) groups is 1. The molecule has 12 nitrogen and oxygen atoms in total. The molecule has 3 heterocycles. The molecule has 3 aromatic rings. The van der Waals surface area contributed by atoms with E-state index in [1.807, 2.05) is 72.8 Å². The third-order valence-corrected chi connectivity index (χ3v) is 10.1. The molecule has 3 aliphatic rings. The van der Waals surface area contributed by atoms with Crippen molar-refractivity contribution in [1.29, 1.82) is 0 Å². The Labute approximate surface area is 318 Å². The van der Waals surface area contributed by atoms with Crippen LogP contribution in [0.1, 0.15) is 50.0 Å². The van der Waals surface area contributed by atoms with Crippen LogP contribution in [0.4, 0.5) is 15.3 Å². The van der Waals surface area contributed by atoms with Crippen molar-refractivity contribution < 1.29 is 38.2 Å². The van der Waals surface area contributed by atoms with Gasteiger partial charge in [-0.05, 0) is 67.7 Å². The molecule has 0 spiro atoms. The summed E-state index contributed by atoms with van der Waals surface area (Å²) in [6, 6.07) is 24.8. The molecule has 0 saturated carbocycles. The first kappa shape index (κ1) is 37.9. The molecule has 3 aliphatic heterocycles. The number of esters is 1. The second-order valence-corrected chi connectivity index (χ2v) is 15.0. The van der Waals surface area contributed by atoms with Crippen LogP contribution in [-0.2, 0) is 35.1 Å². The predicted molar refractivity (Wildman–Crippen MR) is 204 cm³/mol. The molecule has 2 N–H and O–H groups in total. The zero-order valence-corrected chi connectivity index (χ0v) is 31.1. The van der Waals surface area contributed by atoms with Crippen LogP contribution >= 0.6 is 11.8 Å². The summed E-state index contributed by atoms with van der Waals surface area (Å²) in [5, 5.41) is 4.72. The number of fused-ring (bicyclic) bond motifs is 1. The average molecular weight is 751 g/mol. The Morgan fingerprint density at radius 1 is 0.944 bits per heavy atom. The van der Waals surface area contributed by atoms with Crippen molar-refractivity contribution in [3.05, 3.63) is 137 Å². The van der Waals surface area contributed by atoms with Gasteiger partial charge in [-0.15, -0.1) is 11.8 Å². The van der Waals surface area contributed by atoms with E-state index in [1.165, 1.54) is 22.7 Å². The highest BCUT2D eigenvalue weighted by Crippen LogP contribution is 2.43. The minimum atomic E-state index is -0.913. The normalized spacial score (nSPS) is 18.9. The molecule has 0 aliphatic carbocycles. The Morgan fingerprint density at radius 3 is 2.20 bits per heavy atom. The number of ether oxygens (including phenoxy) is 3. The number of anilines is 1. The number of allylic oxidation sites excluding steroid dienone is 1. The van der Waals surface area contributed by atoms with Crippen molar-refractivity contribution in [1.82, 2.24) is 15.1 Å². The van der Waals surface area contributed by atoms with E-state index in [0.717, 1.165) is 16.7 Å². The molecule has 13 heteroatoms. The third kappa shape index (κ3) is 8.85. The molecule has 3 aromatic carbocycles. The molecule has 2 atom stereocenters. The number of nitrogens with one attached hydrogen (secondary N) is 2. The highest BCUT2D eigenvalue weighted by Gasteiger charge is 2.55. The number of hydrogen-bond donors (Lipinski definition) is 2. The summed E-state index contributed by atoms with van der Waals surface area (Å²) in [5.41, 5.74) is 3.15. The van der Waals surface area contributed by atoms with Crippen molar-refractivity contribution in [3.63, 3.8) is 0 Å². The maximum absolute atomic E-state index is 14.4. The molecule has 0 unspecified atom stereocenters. The van der Waals surface area contributed by atoms with E-state index in [9.17, 15) is 24.0 Å². The van der Waals surface area contributed by atoms with E-state index < -0.39 is 47.2 Å². The first-order chi connectivity index (χ1) is 25.9. The number of rotatable bonds is 11.